The zero-order chi connectivity index (χ0) is 22.3. The third kappa shape index (κ3) is 5.22. The van der Waals surface area contributed by atoms with E-state index in [-0.39, 0.29) is 6.61 Å². The van der Waals surface area contributed by atoms with Gasteiger partial charge in [0.05, 0.1) is 16.9 Å². The van der Waals surface area contributed by atoms with E-state index < -0.39 is 5.91 Å². The summed E-state index contributed by atoms with van der Waals surface area (Å²) in [5, 5.41) is 9.28. The predicted octanol–water partition coefficient (Wildman–Crippen LogP) is 5.03. The Morgan fingerprint density at radius 2 is 1.78 bits per heavy atom. The molecule has 3 aromatic carbocycles. The summed E-state index contributed by atoms with van der Waals surface area (Å²) in [6.07, 6.45) is 3.45. The number of benzene rings is 3. The fourth-order valence-corrected chi connectivity index (χ4v) is 3.23. The van der Waals surface area contributed by atoms with Gasteiger partial charge in [0.25, 0.3) is 5.91 Å². The lowest BCUT2D eigenvalue weighted by Gasteiger charge is -2.06. The second kappa shape index (κ2) is 9.94. The number of amides is 1. The normalized spacial score (nSPS) is 10.9. The molecular weight excluding hydrogens is 424 g/mol. The first-order valence-electron chi connectivity index (χ1n) is 10.0. The van der Waals surface area contributed by atoms with Crippen LogP contribution in [-0.2, 0) is 4.79 Å². The molecule has 1 amide bonds. The van der Waals surface area contributed by atoms with Crippen LogP contribution in [-0.4, -0.2) is 28.5 Å². The molecule has 6 nitrogen and oxygen atoms in total. The maximum atomic E-state index is 12.1. The van der Waals surface area contributed by atoms with Crippen LogP contribution in [0.5, 0.6) is 5.75 Å². The maximum Gasteiger partial charge on any atom is 0.277 e. The van der Waals surface area contributed by atoms with Crippen molar-refractivity contribution >= 4 is 23.7 Å². The number of rotatable bonds is 7. The number of carbonyl (C=O) groups is 1. The molecule has 0 aliphatic rings. The van der Waals surface area contributed by atoms with Crippen molar-refractivity contribution in [1.82, 2.24) is 15.2 Å². The smallest absolute Gasteiger partial charge is 0.277 e. The first kappa shape index (κ1) is 21.3. The molecule has 4 aromatic rings. The van der Waals surface area contributed by atoms with Crippen molar-refractivity contribution in [2.45, 2.75) is 6.92 Å². The van der Waals surface area contributed by atoms with Gasteiger partial charge in [0.1, 0.15) is 11.4 Å². The highest BCUT2D eigenvalue weighted by atomic mass is 35.5. The van der Waals surface area contributed by atoms with Crippen molar-refractivity contribution in [3.05, 3.63) is 101 Å². The lowest BCUT2D eigenvalue weighted by Crippen LogP contribution is -2.24. The molecule has 160 valence electrons. The second-order valence-electron chi connectivity index (χ2n) is 7.09. The molecule has 32 heavy (non-hydrogen) atoms. The maximum absolute atomic E-state index is 12.1. The summed E-state index contributed by atoms with van der Waals surface area (Å²) in [6.45, 7) is 1.84. The average molecular weight is 445 g/mol. The van der Waals surface area contributed by atoms with Gasteiger partial charge in [-0.05, 0) is 31.2 Å². The van der Waals surface area contributed by atoms with Gasteiger partial charge in [-0.15, -0.1) is 0 Å². The average Bonchev–Trinajstić information content (AvgIpc) is 3.24. The number of hydrogen-bond acceptors (Lipinski definition) is 4. The quantitative estimate of drug-likeness (QED) is 0.321. The van der Waals surface area contributed by atoms with Gasteiger partial charge in [-0.1, -0.05) is 71.8 Å². The number of aryl methyl sites for hydroxylation is 1. The number of ether oxygens (including phenoxy) is 1. The van der Waals surface area contributed by atoms with Gasteiger partial charge in [0.15, 0.2) is 6.61 Å². The van der Waals surface area contributed by atoms with E-state index in [1.165, 1.54) is 0 Å². The monoisotopic (exact) mass is 444 g/mol. The number of nitrogens with one attached hydrogen (secondary N) is 1. The summed E-state index contributed by atoms with van der Waals surface area (Å²) in [5.41, 5.74) is 7.07. The molecule has 0 spiro atoms. The number of aromatic nitrogens is 2. The lowest BCUT2D eigenvalue weighted by molar-refractivity contribution is -0.123. The van der Waals surface area contributed by atoms with Crippen molar-refractivity contribution in [3.63, 3.8) is 0 Å². The van der Waals surface area contributed by atoms with E-state index in [2.05, 4.69) is 10.5 Å². The molecule has 1 N–H and O–H groups in total. The lowest BCUT2D eigenvalue weighted by atomic mass is 10.1. The molecule has 0 atom stereocenters. The zero-order valence-electron chi connectivity index (χ0n) is 17.4. The van der Waals surface area contributed by atoms with Gasteiger partial charge in [0.2, 0.25) is 0 Å². The fraction of sp³-hybridized carbons (Fsp3) is 0.0800. The predicted molar refractivity (Wildman–Crippen MR) is 126 cm³/mol. The van der Waals surface area contributed by atoms with E-state index >= 15 is 0 Å². The molecule has 7 heteroatoms. The number of halogens is 1. The standard InChI is InChI=1S/C25H21ClN4O2/c1-18-11-13-19(14-12-18)25-20(16-30(29-25)21-7-3-2-4-8-21)15-27-28-24(31)17-32-23-10-6-5-9-22(23)26/h2-16H,17H2,1H3,(H,28,31)/b27-15-. The second-order valence-corrected chi connectivity index (χ2v) is 7.50. The van der Waals surface area contributed by atoms with Crippen LogP contribution in [0.1, 0.15) is 11.1 Å². The first-order chi connectivity index (χ1) is 15.6. The third-order valence-corrected chi connectivity index (χ3v) is 4.99. The summed E-state index contributed by atoms with van der Waals surface area (Å²) in [5.74, 6) is 0.0487. The molecular formula is C25H21ClN4O2. The van der Waals surface area contributed by atoms with Crippen molar-refractivity contribution in [2.24, 2.45) is 5.10 Å². The van der Waals surface area contributed by atoms with E-state index in [1.54, 1.807) is 35.2 Å². The molecule has 0 bridgehead atoms. The third-order valence-electron chi connectivity index (χ3n) is 4.68. The SMILES string of the molecule is Cc1ccc(-c2nn(-c3ccccc3)cc2/C=N\NC(=O)COc2ccccc2Cl)cc1. The largest absolute Gasteiger partial charge is 0.482 e. The highest BCUT2D eigenvalue weighted by Crippen LogP contribution is 2.24. The highest BCUT2D eigenvalue weighted by molar-refractivity contribution is 6.32. The van der Waals surface area contributed by atoms with Crippen molar-refractivity contribution in [1.29, 1.82) is 0 Å². The van der Waals surface area contributed by atoms with Gasteiger partial charge < -0.3 is 4.74 Å². The van der Waals surface area contributed by atoms with Gasteiger partial charge in [-0.2, -0.15) is 10.2 Å². The summed E-state index contributed by atoms with van der Waals surface area (Å²) in [7, 11) is 0. The Morgan fingerprint density at radius 1 is 1.06 bits per heavy atom. The number of para-hydroxylation sites is 2. The van der Waals surface area contributed by atoms with E-state index in [0.717, 1.165) is 28.1 Å². The van der Waals surface area contributed by atoms with Crippen LogP contribution >= 0.6 is 11.6 Å². The minimum atomic E-state index is -0.395. The van der Waals surface area contributed by atoms with Crippen LogP contribution < -0.4 is 10.2 Å². The van der Waals surface area contributed by atoms with Gasteiger partial charge >= 0.3 is 0 Å². The molecule has 0 saturated heterocycles. The molecule has 1 aromatic heterocycles. The van der Waals surface area contributed by atoms with Crippen LogP contribution in [0.3, 0.4) is 0 Å². The summed E-state index contributed by atoms with van der Waals surface area (Å²) >= 11 is 6.03. The number of nitrogens with zero attached hydrogens (tertiary/aromatic N) is 3. The molecule has 0 unspecified atom stereocenters. The van der Waals surface area contributed by atoms with Crippen molar-refractivity contribution < 1.29 is 9.53 Å². The number of hydrazone groups is 1. The van der Waals surface area contributed by atoms with Gasteiger partial charge in [-0.3, -0.25) is 4.79 Å². The van der Waals surface area contributed by atoms with Crippen molar-refractivity contribution in [3.8, 4) is 22.7 Å². The Bertz CT molecular complexity index is 1230. The van der Waals surface area contributed by atoms with E-state index in [4.69, 9.17) is 21.4 Å². The Hall–Kier alpha value is -3.90. The Balaban J connectivity index is 1.50. The molecule has 4 rings (SSSR count). The Kier molecular flexibility index (Phi) is 6.63. The minimum Gasteiger partial charge on any atom is -0.482 e. The number of hydrogen-bond donors (Lipinski definition) is 1. The summed E-state index contributed by atoms with van der Waals surface area (Å²) < 4.78 is 7.22. The Morgan fingerprint density at radius 3 is 2.53 bits per heavy atom. The minimum absolute atomic E-state index is 0.199. The van der Waals surface area contributed by atoms with Crippen molar-refractivity contribution in [2.75, 3.05) is 6.61 Å². The van der Waals surface area contributed by atoms with Gasteiger partial charge in [-0.25, -0.2) is 10.1 Å². The van der Waals surface area contributed by atoms with Crippen LogP contribution in [0.25, 0.3) is 16.9 Å². The molecule has 0 aliphatic heterocycles. The molecule has 0 saturated carbocycles. The summed E-state index contributed by atoms with van der Waals surface area (Å²) in [4.78, 5) is 12.1. The van der Waals surface area contributed by atoms with E-state index in [1.807, 2.05) is 67.7 Å². The summed E-state index contributed by atoms with van der Waals surface area (Å²) in [6, 6.07) is 24.9. The highest BCUT2D eigenvalue weighted by Gasteiger charge is 2.11. The molecule has 0 radical (unpaired) electrons. The van der Waals surface area contributed by atoms with Crippen LogP contribution in [0, 0.1) is 6.92 Å². The van der Waals surface area contributed by atoms with E-state index in [0.29, 0.717) is 10.8 Å². The molecule has 1 heterocycles. The van der Waals surface area contributed by atoms with Crippen LogP contribution in [0.4, 0.5) is 0 Å². The Labute approximate surface area is 191 Å². The fourth-order valence-electron chi connectivity index (χ4n) is 3.04. The van der Waals surface area contributed by atoms with Crippen LogP contribution in [0.2, 0.25) is 5.02 Å². The molecule has 0 fully saturated rings. The zero-order valence-corrected chi connectivity index (χ0v) is 18.2. The first-order valence-corrected chi connectivity index (χ1v) is 10.4. The number of carbonyl (C=O) groups excluding carboxylic acids is 1. The van der Waals surface area contributed by atoms with Crippen LogP contribution in [0.15, 0.2) is 90.2 Å². The van der Waals surface area contributed by atoms with E-state index in [9.17, 15) is 4.79 Å². The van der Waals surface area contributed by atoms with Gasteiger partial charge in [0, 0.05) is 17.3 Å². The molecule has 0 aliphatic carbocycles. The topological polar surface area (TPSA) is 68.5 Å².